The number of benzene rings is 10. The summed E-state index contributed by atoms with van der Waals surface area (Å²) in [6.45, 7) is 0. The topological polar surface area (TPSA) is 0 Å². The molecule has 0 saturated carbocycles. The minimum absolute atomic E-state index is 0. The van der Waals surface area contributed by atoms with Gasteiger partial charge in [-0.3, -0.25) is 11.8 Å². The molecule has 0 bridgehead atoms. The molecule has 4 heteroatoms. The van der Waals surface area contributed by atoms with Gasteiger partial charge in [0, 0.05) is 0 Å². The van der Waals surface area contributed by atoms with E-state index in [0.717, 1.165) is 43.4 Å². The van der Waals surface area contributed by atoms with Gasteiger partial charge in [0.15, 0.2) is 0 Å². The van der Waals surface area contributed by atoms with Crippen molar-refractivity contribution in [1.29, 1.82) is 0 Å². The van der Waals surface area contributed by atoms with Crippen LogP contribution in [0.4, 0.5) is 0 Å². The Kier molecular flexibility index (Phi) is 17.3. The van der Waals surface area contributed by atoms with Gasteiger partial charge in [-0.15, -0.1) is 17.2 Å². The first kappa shape index (κ1) is 46.2. The van der Waals surface area contributed by atoms with E-state index in [2.05, 4.69) is 170 Å². The number of hydrogen-bond donors (Lipinski definition) is 0. The molecule has 0 nitrogen and oxygen atoms in total. The zero-order valence-electron chi connectivity index (χ0n) is 34.0. The fourth-order valence-corrected chi connectivity index (χ4v) is 14.2. The molecule has 0 amide bonds. The average molecular weight is 1110 g/mol. The smallest absolute Gasteiger partial charge is 0.366 e. The van der Waals surface area contributed by atoms with Gasteiger partial charge in [0.1, 0.15) is 12.3 Å². The molecule has 10 aromatic carbocycles. The Morgan fingerprint density at radius 3 is 1.00 bits per heavy atom. The van der Waals surface area contributed by atoms with E-state index in [-0.39, 0.29) is 44.8 Å². The Hall–Kier alpha value is -5.30. The predicted molar refractivity (Wildman–Crippen MR) is 266 cm³/mol. The maximum Gasteiger partial charge on any atom is 1.00 e. The Morgan fingerprint density at radius 2 is 0.629 bits per heavy atom. The van der Waals surface area contributed by atoms with Crippen LogP contribution in [0.25, 0.3) is 43.1 Å². The first-order valence-corrected chi connectivity index (χ1v) is 23.7. The summed E-state index contributed by atoms with van der Waals surface area (Å²) >= 11 is 0. The maximum atomic E-state index is 7.46. The molecule has 10 rings (SSSR count). The number of fused-ring (bicyclic) bond motifs is 5. The van der Waals surface area contributed by atoms with E-state index in [1.165, 1.54) is 44.3 Å². The molecule has 0 saturated heterocycles. The van der Waals surface area contributed by atoms with Crippen molar-refractivity contribution in [3.63, 3.8) is 0 Å². The summed E-state index contributed by atoms with van der Waals surface area (Å²) in [6.07, 6.45) is 17.3. The van der Waals surface area contributed by atoms with Gasteiger partial charge in [0.05, 0.1) is 37.1 Å². The molecule has 0 spiro atoms. The molecular formula is C58H44AgAuP2+2. The number of hydrogen-bond acceptors (Lipinski definition) is 0. The standard InChI is InChI=1S/C26H24P2.2C16H9.Ag.Au/c1-5-13-23(14-6-1)27(24-15-7-2-8-16-24)21-22-28(25-17-9-3-10-18-25)26-19-11-4-12-20-26;1-2-14-15-9-5-3-7-12(15)11-13-8-4-6-10-16(13)14;1-2-12-11-13-7-3-4-9-15(13)16-10-6-5-8-14(12)16;;/h1-20H,21-22H2;2*3-11H;;/q;2*-1;2*+1/p+2. The van der Waals surface area contributed by atoms with Crippen LogP contribution in [0.5, 0.6) is 0 Å². The molecule has 0 radical (unpaired) electrons. The first-order chi connectivity index (χ1) is 29.7. The normalized spacial score (nSPS) is 10.4. The van der Waals surface area contributed by atoms with Crippen molar-refractivity contribution in [2.75, 3.05) is 12.3 Å². The molecule has 0 heterocycles. The zero-order chi connectivity index (χ0) is 40.9. The minimum Gasteiger partial charge on any atom is -0.366 e. The third kappa shape index (κ3) is 11.0. The predicted octanol–water partition coefficient (Wildman–Crippen LogP) is 12.6. The zero-order valence-corrected chi connectivity index (χ0v) is 39.6. The SMILES string of the molecule is [Ag+].[Au+].[C-]#Cc1c2ccccc2cc2ccccc12.[C-]#Cc1cc2ccccc2c2ccccc12.c1ccc([PH+](CC[PH+](c2ccccc2)c2ccccc2)c2ccccc2)cc1. The maximum absolute atomic E-state index is 7.46. The van der Waals surface area contributed by atoms with E-state index >= 15 is 0 Å². The van der Waals surface area contributed by atoms with Crippen molar-refractivity contribution in [2.24, 2.45) is 0 Å². The molecule has 0 aromatic heterocycles. The molecular weight excluding hydrogens is 1060 g/mol. The summed E-state index contributed by atoms with van der Waals surface area (Å²) in [6, 6.07) is 81.4. The summed E-state index contributed by atoms with van der Waals surface area (Å²) in [7, 11) is -1.57. The quantitative estimate of drug-likeness (QED) is 0.0373. The van der Waals surface area contributed by atoms with Crippen LogP contribution in [0.3, 0.4) is 0 Å². The molecule has 0 unspecified atom stereocenters. The van der Waals surface area contributed by atoms with Gasteiger partial charge in [-0.2, -0.15) is 0 Å². The Labute approximate surface area is 400 Å². The molecule has 0 fully saturated rings. The Morgan fingerprint density at radius 1 is 0.323 bits per heavy atom. The van der Waals surface area contributed by atoms with Crippen LogP contribution in [-0.2, 0) is 44.8 Å². The van der Waals surface area contributed by atoms with Crippen LogP contribution in [-0.4, -0.2) is 12.3 Å². The van der Waals surface area contributed by atoms with E-state index in [9.17, 15) is 0 Å². The molecule has 0 aliphatic rings. The van der Waals surface area contributed by atoms with Gasteiger partial charge in [0.2, 0.25) is 0 Å². The van der Waals surface area contributed by atoms with E-state index in [4.69, 9.17) is 12.8 Å². The second-order valence-corrected chi connectivity index (χ2v) is 19.8. The summed E-state index contributed by atoms with van der Waals surface area (Å²) in [5, 5.41) is 15.3. The molecule has 0 aliphatic heterocycles. The number of rotatable bonds is 7. The van der Waals surface area contributed by atoms with E-state index in [0.29, 0.717) is 0 Å². The Balaban J connectivity index is 0.000000162. The van der Waals surface area contributed by atoms with Gasteiger partial charge in [-0.05, 0) is 81.5 Å². The summed E-state index contributed by atoms with van der Waals surface area (Å²) in [4.78, 5) is 0. The summed E-state index contributed by atoms with van der Waals surface area (Å²) in [5.41, 5.74) is 1.74. The third-order valence-corrected chi connectivity index (χ3v) is 17.0. The van der Waals surface area contributed by atoms with E-state index < -0.39 is 15.8 Å². The molecule has 0 aliphatic carbocycles. The van der Waals surface area contributed by atoms with Crippen LogP contribution in [0, 0.1) is 24.7 Å². The van der Waals surface area contributed by atoms with E-state index in [1.807, 2.05) is 72.8 Å². The Bertz CT molecular complexity index is 2840. The minimum atomic E-state index is -0.783. The molecule has 306 valence electrons. The fourth-order valence-electron chi connectivity index (χ4n) is 8.02. The van der Waals surface area contributed by atoms with Gasteiger partial charge in [-0.1, -0.05) is 186 Å². The molecule has 10 aromatic rings. The first-order valence-electron chi connectivity index (χ1n) is 20.3. The van der Waals surface area contributed by atoms with Crippen LogP contribution < -0.4 is 21.2 Å². The van der Waals surface area contributed by atoms with Gasteiger partial charge in [-0.25, -0.2) is 0 Å². The van der Waals surface area contributed by atoms with Crippen LogP contribution in [0.15, 0.2) is 231 Å². The molecule has 0 N–H and O–H groups in total. The van der Waals surface area contributed by atoms with Crippen molar-refractivity contribution >= 4 is 80.2 Å². The summed E-state index contributed by atoms with van der Waals surface area (Å²) in [5.74, 6) is 5.08. The van der Waals surface area contributed by atoms with Gasteiger partial charge < -0.3 is 12.8 Å². The molecule has 0 atom stereocenters. The van der Waals surface area contributed by atoms with Crippen molar-refractivity contribution in [1.82, 2.24) is 0 Å². The average Bonchev–Trinajstić information content (AvgIpc) is 3.33. The third-order valence-electron chi connectivity index (χ3n) is 10.9. The van der Waals surface area contributed by atoms with Crippen LogP contribution >= 0.6 is 15.8 Å². The van der Waals surface area contributed by atoms with Crippen LogP contribution in [0.1, 0.15) is 11.1 Å². The van der Waals surface area contributed by atoms with Gasteiger partial charge in [0.25, 0.3) is 0 Å². The second-order valence-electron chi connectivity index (χ2n) is 14.6. The second kappa shape index (κ2) is 23.2. The van der Waals surface area contributed by atoms with Crippen molar-refractivity contribution in [3.8, 4) is 11.8 Å². The van der Waals surface area contributed by atoms with Crippen molar-refractivity contribution in [3.05, 3.63) is 254 Å². The molecule has 62 heavy (non-hydrogen) atoms. The monoisotopic (exact) mass is 1110 g/mol. The largest absolute Gasteiger partial charge is 1.00 e. The van der Waals surface area contributed by atoms with Crippen molar-refractivity contribution in [2.45, 2.75) is 0 Å². The van der Waals surface area contributed by atoms with E-state index in [1.54, 1.807) is 0 Å². The van der Waals surface area contributed by atoms with Crippen molar-refractivity contribution < 1.29 is 44.8 Å². The van der Waals surface area contributed by atoms with Gasteiger partial charge >= 0.3 is 44.8 Å². The fraction of sp³-hybridized carbons (Fsp3) is 0.0345. The summed E-state index contributed by atoms with van der Waals surface area (Å²) < 4.78 is 0. The van der Waals surface area contributed by atoms with Crippen LogP contribution in [0.2, 0.25) is 0 Å².